The highest BCUT2D eigenvalue weighted by atomic mass is 32.1. The van der Waals surface area contributed by atoms with E-state index in [2.05, 4.69) is 22.4 Å². The highest BCUT2D eigenvalue weighted by Crippen LogP contribution is 2.43. The normalized spacial score (nSPS) is 20.3. The number of carbonyl (C=O) groups is 1. The summed E-state index contributed by atoms with van der Waals surface area (Å²) in [5, 5.41) is 4.09. The van der Waals surface area contributed by atoms with Crippen molar-refractivity contribution in [3.8, 4) is 0 Å². The monoisotopic (exact) mass is 448 g/mol. The average Bonchev–Trinajstić information content (AvgIpc) is 3.49. The van der Waals surface area contributed by atoms with Crippen molar-refractivity contribution in [2.75, 3.05) is 25.0 Å². The highest BCUT2D eigenvalue weighted by Gasteiger charge is 2.45. The molecule has 5 rings (SSSR count). The quantitative estimate of drug-likeness (QED) is 0.595. The van der Waals surface area contributed by atoms with Gasteiger partial charge in [0, 0.05) is 17.6 Å². The number of benzene rings is 1. The molecule has 1 N–H and O–H groups in total. The number of hydrogen-bond donors (Lipinski definition) is 1. The Bertz CT molecular complexity index is 1080. The molecular weight excluding hydrogens is 420 g/mol. The van der Waals surface area contributed by atoms with Crippen LogP contribution in [0.1, 0.15) is 47.9 Å². The van der Waals surface area contributed by atoms with Gasteiger partial charge in [-0.3, -0.25) is 4.79 Å². The molecule has 3 aromatic rings. The second-order valence-corrected chi connectivity index (χ2v) is 9.85. The van der Waals surface area contributed by atoms with Crippen molar-refractivity contribution in [2.24, 2.45) is 0 Å². The van der Waals surface area contributed by atoms with Crippen LogP contribution in [0.5, 0.6) is 0 Å². The summed E-state index contributed by atoms with van der Waals surface area (Å²) in [5.41, 5.74) is 1.58. The van der Waals surface area contributed by atoms with E-state index in [4.69, 9.17) is 9.72 Å². The van der Waals surface area contributed by atoms with Gasteiger partial charge in [-0.1, -0.05) is 49.2 Å². The Labute approximate surface area is 192 Å². The maximum Gasteiger partial charge on any atom is 0.233 e. The van der Waals surface area contributed by atoms with Gasteiger partial charge in [-0.15, -0.1) is 11.3 Å². The van der Waals surface area contributed by atoms with Crippen LogP contribution in [-0.4, -0.2) is 40.5 Å². The number of anilines is 2. The van der Waals surface area contributed by atoms with E-state index >= 15 is 0 Å². The standard InChI is InChI=1S/C25H28N4O2S/c1-18-16-26-24(32-18)28-22-11-7-10-20(27-22)21-17-29(14-15-31-21)23(30)25(12-5-6-13-25)19-8-3-2-4-9-19/h2-4,7-11,16,21H,5-6,12-15,17H2,1H3,(H,26,27,28). The molecule has 2 aliphatic rings. The van der Waals surface area contributed by atoms with Gasteiger partial charge >= 0.3 is 0 Å². The second-order valence-electron chi connectivity index (χ2n) is 8.61. The number of nitrogens with one attached hydrogen (secondary N) is 1. The Morgan fingerprint density at radius 1 is 1.16 bits per heavy atom. The molecule has 0 bridgehead atoms. The van der Waals surface area contributed by atoms with E-state index in [9.17, 15) is 4.79 Å². The molecule has 0 radical (unpaired) electrons. The largest absolute Gasteiger partial charge is 0.368 e. The predicted octanol–water partition coefficient (Wildman–Crippen LogP) is 5.00. The first-order chi connectivity index (χ1) is 15.6. The fourth-order valence-corrected chi connectivity index (χ4v) is 5.57. The number of aromatic nitrogens is 2. The Morgan fingerprint density at radius 2 is 1.97 bits per heavy atom. The van der Waals surface area contributed by atoms with Crippen LogP contribution in [0.4, 0.5) is 10.9 Å². The van der Waals surface area contributed by atoms with Crippen LogP contribution in [0.25, 0.3) is 0 Å². The number of thiazole rings is 1. The fraction of sp³-hybridized carbons (Fsp3) is 0.400. The molecule has 2 fully saturated rings. The van der Waals surface area contributed by atoms with E-state index in [0.717, 1.165) is 52.8 Å². The summed E-state index contributed by atoms with van der Waals surface area (Å²) in [6.07, 6.45) is 5.64. The number of nitrogens with zero attached hydrogens (tertiary/aromatic N) is 3. The molecule has 3 heterocycles. The predicted molar refractivity (Wildman–Crippen MR) is 126 cm³/mol. The van der Waals surface area contributed by atoms with E-state index in [-0.39, 0.29) is 12.0 Å². The molecule has 1 aliphatic carbocycles. The first-order valence-electron chi connectivity index (χ1n) is 11.3. The summed E-state index contributed by atoms with van der Waals surface area (Å²) >= 11 is 1.59. The molecule has 0 spiro atoms. The van der Waals surface area contributed by atoms with Gasteiger partial charge in [-0.2, -0.15) is 0 Å². The first-order valence-corrected chi connectivity index (χ1v) is 12.1. The molecule has 2 aromatic heterocycles. The molecular formula is C25H28N4O2S. The van der Waals surface area contributed by atoms with E-state index in [1.165, 1.54) is 0 Å². The number of carbonyl (C=O) groups excluding carboxylic acids is 1. The lowest BCUT2D eigenvalue weighted by Gasteiger charge is -2.39. The third-order valence-corrected chi connectivity index (χ3v) is 7.33. The van der Waals surface area contributed by atoms with Crippen LogP contribution in [0.2, 0.25) is 0 Å². The van der Waals surface area contributed by atoms with Crippen LogP contribution < -0.4 is 5.32 Å². The van der Waals surface area contributed by atoms with E-state index in [1.54, 1.807) is 11.3 Å². The number of amides is 1. The number of pyridine rings is 1. The van der Waals surface area contributed by atoms with Crippen molar-refractivity contribution in [1.82, 2.24) is 14.9 Å². The minimum absolute atomic E-state index is 0.235. The Morgan fingerprint density at radius 3 is 2.72 bits per heavy atom. The molecule has 7 heteroatoms. The fourth-order valence-electron chi connectivity index (χ4n) is 4.90. The van der Waals surface area contributed by atoms with Gasteiger partial charge in [-0.05, 0) is 37.5 Å². The SMILES string of the molecule is Cc1cnc(Nc2cccc(C3CN(C(=O)C4(c5ccccc5)CCCC4)CCO3)n2)s1. The molecule has 166 valence electrons. The first kappa shape index (κ1) is 21.1. The number of hydrogen-bond acceptors (Lipinski definition) is 6. The average molecular weight is 449 g/mol. The highest BCUT2D eigenvalue weighted by molar-refractivity contribution is 7.15. The zero-order valence-electron chi connectivity index (χ0n) is 18.3. The molecule has 1 saturated carbocycles. The van der Waals surface area contributed by atoms with Gasteiger partial charge in [0.15, 0.2) is 5.13 Å². The minimum atomic E-state index is -0.400. The summed E-state index contributed by atoms with van der Waals surface area (Å²) in [6, 6.07) is 16.2. The Kier molecular flexibility index (Phi) is 5.93. The lowest BCUT2D eigenvalue weighted by atomic mass is 9.77. The van der Waals surface area contributed by atoms with Crippen molar-refractivity contribution < 1.29 is 9.53 Å². The summed E-state index contributed by atoms with van der Waals surface area (Å²) in [5.74, 6) is 0.975. The van der Waals surface area contributed by atoms with Gasteiger partial charge in [-0.25, -0.2) is 9.97 Å². The zero-order chi connectivity index (χ0) is 22.0. The maximum atomic E-state index is 13.8. The summed E-state index contributed by atoms with van der Waals surface area (Å²) in [4.78, 5) is 26.1. The third-order valence-electron chi connectivity index (χ3n) is 6.50. The third kappa shape index (κ3) is 4.14. The second kappa shape index (κ2) is 9.00. The van der Waals surface area contributed by atoms with Crippen LogP contribution in [0.3, 0.4) is 0 Å². The molecule has 1 saturated heterocycles. The summed E-state index contributed by atoms with van der Waals surface area (Å²) < 4.78 is 6.06. The molecule has 32 heavy (non-hydrogen) atoms. The number of rotatable bonds is 5. The van der Waals surface area contributed by atoms with Gasteiger partial charge in [0.2, 0.25) is 5.91 Å². The lowest BCUT2D eigenvalue weighted by Crippen LogP contribution is -2.50. The van der Waals surface area contributed by atoms with Crippen LogP contribution in [0, 0.1) is 6.92 Å². The van der Waals surface area contributed by atoms with E-state index < -0.39 is 5.41 Å². The van der Waals surface area contributed by atoms with Crippen molar-refractivity contribution in [1.29, 1.82) is 0 Å². The maximum absolute atomic E-state index is 13.8. The molecule has 1 aromatic carbocycles. The van der Waals surface area contributed by atoms with Crippen molar-refractivity contribution in [3.63, 3.8) is 0 Å². The van der Waals surface area contributed by atoms with Gasteiger partial charge in [0.05, 0.1) is 24.3 Å². The van der Waals surface area contributed by atoms with Crippen LogP contribution in [0.15, 0.2) is 54.7 Å². The van der Waals surface area contributed by atoms with Crippen molar-refractivity contribution in [2.45, 2.75) is 44.1 Å². The molecule has 6 nitrogen and oxygen atoms in total. The summed E-state index contributed by atoms with van der Waals surface area (Å²) in [7, 11) is 0. The van der Waals surface area contributed by atoms with E-state index in [0.29, 0.717) is 19.7 Å². The van der Waals surface area contributed by atoms with Crippen molar-refractivity contribution in [3.05, 3.63) is 70.9 Å². The Balaban J connectivity index is 1.34. The summed E-state index contributed by atoms with van der Waals surface area (Å²) in [6.45, 7) is 3.70. The topological polar surface area (TPSA) is 67.4 Å². The smallest absolute Gasteiger partial charge is 0.233 e. The van der Waals surface area contributed by atoms with Crippen LogP contribution >= 0.6 is 11.3 Å². The van der Waals surface area contributed by atoms with Gasteiger partial charge in [0.1, 0.15) is 11.9 Å². The zero-order valence-corrected chi connectivity index (χ0v) is 19.1. The molecule has 1 aliphatic heterocycles. The van der Waals surface area contributed by atoms with Crippen molar-refractivity contribution >= 4 is 28.2 Å². The van der Waals surface area contributed by atoms with E-state index in [1.807, 2.05) is 54.4 Å². The molecule has 1 amide bonds. The number of morpholine rings is 1. The Hall–Kier alpha value is -2.77. The minimum Gasteiger partial charge on any atom is -0.368 e. The van der Waals surface area contributed by atoms with Gasteiger partial charge in [0.25, 0.3) is 0 Å². The lowest BCUT2D eigenvalue weighted by molar-refractivity contribution is -0.145. The molecule has 1 unspecified atom stereocenters. The van der Waals surface area contributed by atoms with Crippen LogP contribution in [-0.2, 0) is 14.9 Å². The number of aryl methyl sites for hydroxylation is 1. The number of ether oxygens (including phenoxy) is 1. The molecule has 1 atom stereocenters. The van der Waals surface area contributed by atoms with Gasteiger partial charge < -0.3 is 15.0 Å².